The fraction of sp³-hybridized carbons (Fsp3) is 0.286. The van der Waals surface area contributed by atoms with Crippen molar-refractivity contribution in [3.8, 4) is 0 Å². The van der Waals surface area contributed by atoms with Gasteiger partial charge in [0, 0.05) is 28.5 Å². The summed E-state index contributed by atoms with van der Waals surface area (Å²) >= 11 is 1.26. The van der Waals surface area contributed by atoms with Gasteiger partial charge in [0.2, 0.25) is 11.9 Å². The van der Waals surface area contributed by atoms with Gasteiger partial charge < -0.3 is 5.32 Å². The summed E-state index contributed by atoms with van der Waals surface area (Å²) in [6.07, 6.45) is 0. The first-order valence-electron chi connectivity index (χ1n) is 9.77. The number of aryl methyl sites for hydroxylation is 4. The number of sulfonamides is 1. The molecular weight excluding hydrogens is 448 g/mol. The quantitative estimate of drug-likeness (QED) is 0.396. The van der Waals surface area contributed by atoms with Crippen LogP contribution in [0.4, 0.5) is 11.6 Å². The molecule has 0 aliphatic carbocycles. The molecule has 2 heterocycles. The minimum absolute atomic E-state index is 0.0133. The fourth-order valence-electron chi connectivity index (χ4n) is 2.87. The van der Waals surface area contributed by atoms with E-state index in [2.05, 4.69) is 30.0 Å². The summed E-state index contributed by atoms with van der Waals surface area (Å²) in [5, 5.41) is 2.87. The average molecular weight is 473 g/mol. The van der Waals surface area contributed by atoms with Gasteiger partial charge >= 0.3 is 0 Å². The molecule has 0 bridgehead atoms. The van der Waals surface area contributed by atoms with Crippen LogP contribution in [0.2, 0.25) is 0 Å². The smallest absolute Gasteiger partial charge is 0.264 e. The molecule has 3 rings (SSSR count). The number of nitrogens with zero attached hydrogens (tertiary/aromatic N) is 4. The van der Waals surface area contributed by atoms with Crippen LogP contribution >= 0.6 is 11.8 Å². The number of anilines is 2. The van der Waals surface area contributed by atoms with Crippen LogP contribution in [0.25, 0.3) is 0 Å². The number of carbonyl (C=O) groups excluding carboxylic acids is 1. The second-order valence-electron chi connectivity index (χ2n) is 7.29. The number of benzene rings is 1. The Morgan fingerprint density at radius 3 is 1.91 bits per heavy atom. The second-order valence-corrected chi connectivity index (χ2v) is 10.3. The number of amides is 1. The molecule has 3 aromatic rings. The number of hydrogen-bond acceptors (Lipinski definition) is 8. The summed E-state index contributed by atoms with van der Waals surface area (Å²) < 4.78 is 27.6. The lowest BCUT2D eigenvalue weighted by Crippen LogP contribution is -2.23. The van der Waals surface area contributed by atoms with Crippen LogP contribution in [0.5, 0.6) is 0 Å². The first-order valence-corrected chi connectivity index (χ1v) is 12.1. The highest BCUT2D eigenvalue weighted by Gasteiger charge is 2.19. The lowest BCUT2D eigenvalue weighted by atomic mass is 10.3. The van der Waals surface area contributed by atoms with Crippen molar-refractivity contribution in [1.29, 1.82) is 0 Å². The van der Waals surface area contributed by atoms with Gasteiger partial charge in [0.05, 0.1) is 10.1 Å². The predicted octanol–water partition coefficient (Wildman–Crippen LogP) is 3.42. The van der Waals surface area contributed by atoms with Crippen LogP contribution in [-0.2, 0) is 14.8 Å². The summed E-state index contributed by atoms with van der Waals surface area (Å²) in [7, 11) is -3.87. The molecule has 0 spiro atoms. The molecule has 2 N–H and O–H groups in total. The molecule has 1 unspecified atom stereocenters. The fourth-order valence-corrected chi connectivity index (χ4v) is 4.69. The van der Waals surface area contributed by atoms with Gasteiger partial charge in [-0.05, 0) is 71.0 Å². The molecule has 0 saturated carbocycles. The van der Waals surface area contributed by atoms with Gasteiger partial charge in [0.25, 0.3) is 10.0 Å². The van der Waals surface area contributed by atoms with E-state index in [1.165, 1.54) is 36.0 Å². The summed E-state index contributed by atoms with van der Waals surface area (Å²) in [5.74, 6) is -0.227. The van der Waals surface area contributed by atoms with Crippen molar-refractivity contribution in [2.24, 2.45) is 0 Å². The van der Waals surface area contributed by atoms with Gasteiger partial charge in [-0.25, -0.2) is 33.1 Å². The van der Waals surface area contributed by atoms with E-state index in [0.717, 1.165) is 11.4 Å². The van der Waals surface area contributed by atoms with E-state index in [4.69, 9.17) is 0 Å². The number of hydrogen-bond donors (Lipinski definition) is 2. The van der Waals surface area contributed by atoms with Crippen LogP contribution in [-0.4, -0.2) is 39.5 Å². The SMILES string of the molecule is Cc1cc(C)nc(NS(=O)(=O)c2ccc(NC(=O)C(C)Sc3nc(C)cc(C)n3)cc2)n1. The summed E-state index contributed by atoms with van der Waals surface area (Å²) in [6, 6.07) is 9.49. The van der Waals surface area contributed by atoms with Crippen LogP contribution in [0, 0.1) is 27.7 Å². The van der Waals surface area contributed by atoms with Crippen molar-refractivity contribution in [3.05, 3.63) is 59.2 Å². The maximum absolute atomic E-state index is 12.6. The molecule has 32 heavy (non-hydrogen) atoms. The summed E-state index contributed by atoms with van der Waals surface area (Å²) in [5.41, 5.74) is 3.47. The highest BCUT2D eigenvalue weighted by Crippen LogP contribution is 2.22. The Kier molecular flexibility index (Phi) is 7.09. The van der Waals surface area contributed by atoms with Crippen molar-refractivity contribution in [3.63, 3.8) is 0 Å². The molecular formula is C21H24N6O3S2. The third-order valence-electron chi connectivity index (χ3n) is 4.25. The number of rotatable bonds is 7. The van der Waals surface area contributed by atoms with E-state index < -0.39 is 15.3 Å². The Hall–Kier alpha value is -3.05. The Morgan fingerprint density at radius 2 is 1.38 bits per heavy atom. The monoisotopic (exact) mass is 472 g/mol. The van der Waals surface area contributed by atoms with Crippen molar-refractivity contribution in [1.82, 2.24) is 19.9 Å². The molecule has 0 aliphatic heterocycles. The molecule has 1 aromatic carbocycles. The first kappa shape index (κ1) is 23.6. The zero-order chi connectivity index (χ0) is 23.5. The lowest BCUT2D eigenvalue weighted by Gasteiger charge is -2.12. The van der Waals surface area contributed by atoms with Crippen LogP contribution in [0.1, 0.15) is 29.7 Å². The third kappa shape index (κ3) is 6.24. The molecule has 1 amide bonds. The van der Waals surface area contributed by atoms with Gasteiger partial charge in [-0.2, -0.15) is 0 Å². The highest BCUT2D eigenvalue weighted by atomic mass is 32.2. The molecule has 11 heteroatoms. The van der Waals surface area contributed by atoms with E-state index in [9.17, 15) is 13.2 Å². The standard InChI is InChI=1S/C21H24N6O3S2/c1-12-10-13(2)23-20(22-12)27-32(29,30)18-8-6-17(7-9-18)26-19(28)16(5)31-21-24-14(3)11-15(4)25-21/h6-11,16H,1-5H3,(H,26,28)(H,22,23,27). The Morgan fingerprint density at radius 1 is 0.875 bits per heavy atom. The van der Waals surface area contributed by atoms with Crippen LogP contribution < -0.4 is 10.0 Å². The van der Waals surface area contributed by atoms with E-state index >= 15 is 0 Å². The van der Waals surface area contributed by atoms with Gasteiger partial charge in [-0.1, -0.05) is 11.8 Å². The zero-order valence-corrected chi connectivity index (χ0v) is 20.0. The topological polar surface area (TPSA) is 127 Å². The average Bonchev–Trinajstić information content (AvgIpc) is 2.66. The van der Waals surface area contributed by atoms with Crippen molar-refractivity contribution in [2.45, 2.75) is 49.9 Å². The van der Waals surface area contributed by atoms with Crippen molar-refractivity contribution >= 4 is 39.3 Å². The Bertz CT molecular complexity index is 1210. The molecule has 1 atom stereocenters. The first-order chi connectivity index (χ1) is 15.0. The maximum Gasteiger partial charge on any atom is 0.264 e. The normalized spacial score (nSPS) is 12.3. The number of carbonyl (C=O) groups is 1. The van der Waals surface area contributed by atoms with E-state index in [0.29, 0.717) is 22.2 Å². The predicted molar refractivity (Wildman–Crippen MR) is 124 cm³/mol. The molecule has 0 radical (unpaired) electrons. The second kappa shape index (κ2) is 9.61. The molecule has 0 fully saturated rings. The van der Waals surface area contributed by atoms with E-state index in [-0.39, 0.29) is 16.8 Å². The molecule has 168 valence electrons. The lowest BCUT2D eigenvalue weighted by molar-refractivity contribution is -0.115. The van der Waals surface area contributed by atoms with Crippen LogP contribution in [0.3, 0.4) is 0 Å². The number of thioether (sulfide) groups is 1. The summed E-state index contributed by atoms with van der Waals surface area (Å²) in [6.45, 7) is 9.03. The van der Waals surface area contributed by atoms with Gasteiger partial charge in [-0.15, -0.1) is 0 Å². The van der Waals surface area contributed by atoms with E-state index in [1.54, 1.807) is 26.8 Å². The molecule has 9 nitrogen and oxygen atoms in total. The molecule has 2 aromatic heterocycles. The molecule has 0 saturated heterocycles. The zero-order valence-electron chi connectivity index (χ0n) is 18.4. The summed E-state index contributed by atoms with van der Waals surface area (Å²) in [4.78, 5) is 29.4. The number of aromatic nitrogens is 4. The third-order valence-corrected chi connectivity index (χ3v) is 6.56. The van der Waals surface area contributed by atoms with Gasteiger partial charge in [0.1, 0.15) is 0 Å². The van der Waals surface area contributed by atoms with Crippen LogP contribution in [0.15, 0.2) is 46.5 Å². The maximum atomic E-state index is 12.6. The van der Waals surface area contributed by atoms with E-state index in [1.807, 2.05) is 19.9 Å². The number of nitrogens with one attached hydrogen (secondary N) is 2. The minimum Gasteiger partial charge on any atom is -0.325 e. The molecule has 0 aliphatic rings. The Balaban J connectivity index is 1.66. The van der Waals surface area contributed by atoms with Crippen molar-refractivity contribution < 1.29 is 13.2 Å². The highest BCUT2D eigenvalue weighted by molar-refractivity contribution is 8.00. The van der Waals surface area contributed by atoms with Gasteiger partial charge in [0.15, 0.2) is 5.16 Å². The Labute approximate surface area is 191 Å². The minimum atomic E-state index is -3.87. The van der Waals surface area contributed by atoms with Crippen molar-refractivity contribution in [2.75, 3.05) is 10.0 Å². The van der Waals surface area contributed by atoms with Gasteiger partial charge in [-0.3, -0.25) is 4.79 Å². The largest absolute Gasteiger partial charge is 0.325 e.